The average molecular weight is 252 g/mol. The zero-order valence-corrected chi connectivity index (χ0v) is 9.85. The van der Waals surface area contributed by atoms with Crippen molar-refractivity contribution in [1.82, 2.24) is 0 Å². The van der Waals surface area contributed by atoms with Crippen LogP contribution in [-0.4, -0.2) is 34.2 Å². The van der Waals surface area contributed by atoms with Crippen LogP contribution in [0.25, 0.3) is 0 Å². The van der Waals surface area contributed by atoms with E-state index in [0.717, 1.165) is 18.2 Å². The number of thioether (sulfide) groups is 1. The highest BCUT2D eigenvalue weighted by Gasteiger charge is 2.50. The van der Waals surface area contributed by atoms with E-state index in [-0.39, 0.29) is 5.12 Å². The van der Waals surface area contributed by atoms with E-state index in [9.17, 15) is 9.59 Å². The minimum Gasteiger partial charge on any atom is -0.479 e. The lowest BCUT2D eigenvalue weighted by atomic mass is 10.2. The molecule has 0 amide bonds. The summed E-state index contributed by atoms with van der Waals surface area (Å²) in [6.07, 6.45) is -0.873. The van der Waals surface area contributed by atoms with Crippen LogP contribution in [0.5, 0.6) is 0 Å². The van der Waals surface area contributed by atoms with E-state index in [4.69, 9.17) is 9.84 Å². The fourth-order valence-electron chi connectivity index (χ4n) is 1.48. The summed E-state index contributed by atoms with van der Waals surface area (Å²) in [5.41, 5.74) is 1.17. The number of benzene rings is 1. The van der Waals surface area contributed by atoms with Gasteiger partial charge in [0.1, 0.15) is 0 Å². The fourth-order valence-corrected chi connectivity index (χ4v) is 2.36. The number of epoxide rings is 1. The van der Waals surface area contributed by atoms with Crippen molar-refractivity contribution in [2.45, 2.75) is 18.6 Å². The quantitative estimate of drug-likeness (QED) is 0.801. The molecular formula is C12H12O4S. The van der Waals surface area contributed by atoms with Crippen LogP contribution in [0.15, 0.2) is 30.3 Å². The number of ether oxygens (including phenoxy) is 1. The molecule has 1 aromatic carbocycles. The Morgan fingerprint density at radius 2 is 1.94 bits per heavy atom. The van der Waals surface area contributed by atoms with Crippen LogP contribution in [0.3, 0.4) is 0 Å². The van der Waals surface area contributed by atoms with E-state index >= 15 is 0 Å². The Hall–Kier alpha value is -1.33. The molecule has 0 spiro atoms. The molecule has 1 aliphatic heterocycles. The number of rotatable bonds is 5. The fraction of sp³-hybridized carbons (Fsp3) is 0.333. The Kier molecular flexibility index (Phi) is 3.81. The molecule has 0 radical (unpaired) electrons. The minimum atomic E-state index is -1.06. The molecule has 0 aliphatic carbocycles. The molecule has 4 nitrogen and oxygen atoms in total. The first-order valence-electron chi connectivity index (χ1n) is 5.27. The Balaban J connectivity index is 1.70. The van der Waals surface area contributed by atoms with Gasteiger partial charge in [-0.1, -0.05) is 42.1 Å². The molecule has 1 aromatic rings. The van der Waals surface area contributed by atoms with Crippen molar-refractivity contribution in [1.29, 1.82) is 0 Å². The number of aryl methyl sites for hydroxylation is 1. The molecular weight excluding hydrogens is 240 g/mol. The predicted molar refractivity (Wildman–Crippen MR) is 63.9 cm³/mol. The second kappa shape index (κ2) is 5.33. The standard InChI is InChI=1S/C12H12O4S/c13-11(14)9-10(16-9)12(15)17-7-6-8-4-2-1-3-5-8/h1-5,9-10H,6-7H2,(H,13,14). The van der Waals surface area contributed by atoms with Gasteiger partial charge >= 0.3 is 5.97 Å². The van der Waals surface area contributed by atoms with Gasteiger partial charge in [-0.15, -0.1) is 0 Å². The van der Waals surface area contributed by atoms with Gasteiger partial charge in [0, 0.05) is 5.75 Å². The highest BCUT2D eigenvalue weighted by atomic mass is 32.2. The Bertz CT molecular complexity index is 418. The van der Waals surface area contributed by atoms with Crippen LogP contribution in [0.1, 0.15) is 5.56 Å². The Labute approximate surface area is 103 Å². The van der Waals surface area contributed by atoms with Crippen molar-refractivity contribution in [2.75, 3.05) is 5.75 Å². The van der Waals surface area contributed by atoms with Gasteiger partial charge in [-0.05, 0) is 12.0 Å². The molecule has 0 saturated carbocycles. The summed E-state index contributed by atoms with van der Waals surface area (Å²) in [4.78, 5) is 22.0. The van der Waals surface area contributed by atoms with Crippen molar-refractivity contribution < 1.29 is 19.4 Å². The molecule has 0 bridgehead atoms. The van der Waals surface area contributed by atoms with Gasteiger partial charge < -0.3 is 9.84 Å². The topological polar surface area (TPSA) is 66.9 Å². The van der Waals surface area contributed by atoms with Gasteiger partial charge in [0.15, 0.2) is 12.2 Å². The molecule has 1 fully saturated rings. The van der Waals surface area contributed by atoms with Gasteiger partial charge in [0.05, 0.1) is 0 Å². The zero-order chi connectivity index (χ0) is 12.3. The minimum absolute atomic E-state index is 0.187. The summed E-state index contributed by atoms with van der Waals surface area (Å²) in [5, 5.41) is 8.40. The monoisotopic (exact) mass is 252 g/mol. The molecule has 1 aliphatic rings. The van der Waals surface area contributed by atoms with E-state index < -0.39 is 18.2 Å². The smallest absolute Gasteiger partial charge is 0.336 e. The normalized spacial score (nSPS) is 22.1. The molecule has 17 heavy (non-hydrogen) atoms. The summed E-state index contributed by atoms with van der Waals surface area (Å²) in [5.74, 6) is -0.415. The van der Waals surface area contributed by atoms with Crippen molar-refractivity contribution in [3.63, 3.8) is 0 Å². The average Bonchev–Trinajstić information content (AvgIpc) is 3.10. The molecule has 2 atom stereocenters. The number of carboxylic acid groups (broad SMARTS) is 1. The maximum absolute atomic E-state index is 11.5. The number of carboxylic acids is 1. The van der Waals surface area contributed by atoms with Crippen molar-refractivity contribution in [3.05, 3.63) is 35.9 Å². The zero-order valence-electron chi connectivity index (χ0n) is 9.04. The molecule has 2 rings (SSSR count). The first kappa shape index (κ1) is 12.1. The molecule has 90 valence electrons. The van der Waals surface area contributed by atoms with E-state index in [2.05, 4.69) is 0 Å². The number of carbonyl (C=O) groups excluding carboxylic acids is 1. The van der Waals surface area contributed by atoms with Crippen LogP contribution in [0.4, 0.5) is 0 Å². The first-order valence-corrected chi connectivity index (χ1v) is 6.26. The maximum Gasteiger partial charge on any atom is 0.336 e. The third-order valence-electron chi connectivity index (χ3n) is 2.45. The molecule has 1 saturated heterocycles. The number of hydrogen-bond acceptors (Lipinski definition) is 4. The number of aliphatic carboxylic acids is 1. The van der Waals surface area contributed by atoms with Gasteiger partial charge in [0.2, 0.25) is 5.12 Å². The largest absolute Gasteiger partial charge is 0.479 e. The van der Waals surface area contributed by atoms with Gasteiger partial charge in [-0.3, -0.25) is 4.79 Å². The number of carbonyl (C=O) groups is 2. The van der Waals surface area contributed by atoms with Gasteiger partial charge in [-0.2, -0.15) is 0 Å². The molecule has 2 unspecified atom stereocenters. The van der Waals surface area contributed by atoms with Crippen LogP contribution in [0, 0.1) is 0 Å². The first-order chi connectivity index (χ1) is 8.18. The van der Waals surface area contributed by atoms with Crippen molar-refractivity contribution >= 4 is 22.8 Å². The highest BCUT2D eigenvalue weighted by molar-refractivity contribution is 8.13. The summed E-state index contributed by atoms with van der Waals surface area (Å²) < 4.78 is 4.77. The molecule has 0 aromatic heterocycles. The van der Waals surface area contributed by atoms with Gasteiger partial charge in [-0.25, -0.2) is 4.79 Å². The summed E-state index contributed by atoms with van der Waals surface area (Å²) in [6, 6.07) is 9.84. The number of hydrogen-bond donors (Lipinski definition) is 1. The lowest BCUT2D eigenvalue weighted by Crippen LogP contribution is -2.13. The lowest BCUT2D eigenvalue weighted by Gasteiger charge is -1.99. The van der Waals surface area contributed by atoms with Crippen LogP contribution < -0.4 is 0 Å². The van der Waals surface area contributed by atoms with E-state index in [1.54, 1.807) is 0 Å². The van der Waals surface area contributed by atoms with Crippen molar-refractivity contribution in [3.8, 4) is 0 Å². The van der Waals surface area contributed by atoms with E-state index in [1.165, 1.54) is 5.56 Å². The summed E-state index contributed by atoms with van der Waals surface area (Å²) in [7, 11) is 0. The van der Waals surface area contributed by atoms with Crippen LogP contribution >= 0.6 is 11.8 Å². The molecule has 1 N–H and O–H groups in total. The Morgan fingerprint density at radius 3 is 2.53 bits per heavy atom. The second-order valence-corrected chi connectivity index (χ2v) is 4.82. The summed E-state index contributed by atoms with van der Waals surface area (Å²) >= 11 is 1.14. The highest BCUT2D eigenvalue weighted by Crippen LogP contribution is 2.27. The second-order valence-electron chi connectivity index (χ2n) is 3.72. The third-order valence-corrected chi connectivity index (χ3v) is 3.37. The van der Waals surface area contributed by atoms with Crippen LogP contribution in [0.2, 0.25) is 0 Å². The predicted octanol–water partition coefficient (Wildman–Crippen LogP) is 1.34. The van der Waals surface area contributed by atoms with Crippen LogP contribution in [-0.2, 0) is 20.7 Å². The van der Waals surface area contributed by atoms with Gasteiger partial charge in [0.25, 0.3) is 0 Å². The summed E-state index contributed by atoms with van der Waals surface area (Å²) in [6.45, 7) is 0. The van der Waals surface area contributed by atoms with Crippen molar-refractivity contribution in [2.24, 2.45) is 0 Å². The molecule has 5 heteroatoms. The lowest BCUT2D eigenvalue weighted by molar-refractivity contribution is -0.138. The van der Waals surface area contributed by atoms with E-state index in [0.29, 0.717) is 5.75 Å². The maximum atomic E-state index is 11.5. The molecule has 1 heterocycles. The SMILES string of the molecule is O=C(O)C1OC1C(=O)SCCc1ccccc1. The third kappa shape index (κ3) is 3.31. The van der Waals surface area contributed by atoms with E-state index in [1.807, 2.05) is 30.3 Å². The Morgan fingerprint density at radius 1 is 1.24 bits per heavy atom.